The average molecular weight is 246 g/mol. The third kappa shape index (κ3) is 2.40. The number of aliphatic carboxylic acids is 1. The fourth-order valence-corrected chi connectivity index (χ4v) is 1.93. The van der Waals surface area contributed by atoms with Crippen LogP contribution in [0.25, 0.3) is 11.0 Å². The van der Waals surface area contributed by atoms with E-state index in [1.807, 2.05) is 6.92 Å². The molecule has 0 bridgehead atoms. The molecule has 0 fully saturated rings. The van der Waals surface area contributed by atoms with Crippen molar-refractivity contribution in [2.75, 3.05) is 0 Å². The predicted octanol–water partition coefficient (Wildman–Crippen LogP) is 2.16. The monoisotopic (exact) mass is 246 g/mol. The zero-order valence-corrected chi connectivity index (χ0v) is 10.2. The van der Waals surface area contributed by atoms with Gasteiger partial charge in [-0.1, -0.05) is 6.92 Å². The molecule has 18 heavy (non-hydrogen) atoms. The molecule has 0 aliphatic carbocycles. The fourth-order valence-electron chi connectivity index (χ4n) is 1.93. The lowest BCUT2D eigenvalue weighted by molar-refractivity contribution is -0.137. The number of carboxylic acid groups (broad SMARTS) is 1. The van der Waals surface area contributed by atoms with Crippen molar-refractivity contribution < 1.29 is 14.7 Å². The number of nitrogens with one attached hydrogen (secondary N) is 1. The number of H-pyrrole nitrogens is 1. The van der Waals surface area contributed by atoms with Crippen LogP contribution in [-0.2, 0) is 4.79 Å². The number of carbonyl (C=O) groups excluding carboxylic acids is 1. The summed E-state index contributed by atoms with van der Waals surface area (Å²) in [4.78, 5) is 29.9. The Kier molecular flexibility index (Phi) is 3.14. The smallest absolute Gasteiger partial charge is 0.304 e. The lowest BCUT2D eigenvalue weighted by Crippen LogP contribution is -2.15. The molecule has 5 nitrogen and oxygen atoms in total. The zero-order chi connectivity index (χ0) is 13.3. The number of hydrogen-bond donors (Lipinski definition) is 2. The van der Waals surface area contributed by atoms with E-state index >= 15 is 0 Å². The second-order valence-corrected chi connectivity index (χ2v) is 4.42. The quantitative estimate of drug-likeness (QED) is 0.810. The normalized spacial score (nSPS) is 12.6. The number of imidazole rings is 1. The van der Waals surface area contributed by atoms with E-state index in [-0.39, 0.29) is 12.2 Å². The van der Waals surface area contributed by atoms with Crippen molar-refractivity contribution in [2.45, 2.75) is 20.3 Å². The van der Waals surface area contributed by atoms with Crippen LogP contribution in [-0.4, -0.2) is 26.8 Å². The van der Waals surface area contributed by atoms with Crippen molar-refractivity contribution in [2.24, 2.45) is 5.92 Å². The molecule has 0 radical (unpaired) electrons. The molecule has 1 aromatic carbocycles. The maximum absolute atomic E-state index is 12.0. The van der Waals surface area contributed by atoms with Crippen LogP contribution in [0.1, 0.15) is 29.5 Å². The van der Waals surface area contributed by atoms with Gasteiger partial charge in [-0.3, -0.25) is 9.59 Å². The molecule has 2 aromatic rings. The summed E-state index contributed by atoms with van der Waals surface area (Å²) in [5, 5.41) is 8.69. The van der Waals surface area contributed by atoms with Gasteiger partial charge in [0.25, 0.3) is 0 Å². The van der Waals surface area contributed by atoms with Crippen LogP contribution >= 0.6 is 0 Å². The number of carboxylic acids is 1. The Morgan fingerprint density at radius 1 is 1.44 bits per heavy atom. The Hall–Kier alpha value is -2.17. The third-order valence-corrected chi connectivity index (χ3v) is 2.81. The number of hydrogen-bond acceptors (Lipinski definition) is 3. The van der Waals surface area contributed by atoms with Gasteiger partial charge in [0.05, 0.1) is 17.5 Å². The van der Waals surface area contributed by atoms with Crippen molar-refractivity contribution in [1.29, 1.82) is 0 Å². The van der Waals surface area contributed by atoms with Gasteiger partial charge in [0, 0.05) is 11.5 Å². The minimum Gasteiger partial charge on any atom is -0.481 e. The van der Waals surface area contributed by atoms with Gasteiger partial charge in [-0.25, -0.2) is 4.98 Å². The number of carbonyl (C=O) groups is 2. The van der Waals surface area contributed by atoms with Gasteiger partial charge in [0.15, 0.2) is 5.78 Å². The molecule has 0 saturated carbocycles. The highest BCUT2D eigenvalue weighted by molar-refractivity contribution is 6.01. The van der Waals surface area contributed by atoms with Gasteiger partial charge in [-0.2, -0.15) is 0 Å². The number of Topliss-reactive ketones (excluding diaryl/α,β-unsaturated/α-hetero) is 1. The molecular weight excluding hydrogens is 232 g/mol. The summed E-state index contributed by atoms with van der Waals surface area (Å²) in [6.07, 6.45) is -0.154. The zero-order valence-electron chi connectivity index (χ0n) is 10.2. The van der Waals surface area contributed by atoms with Gasteiger partial charge in [-0.05, 0) is 25.1 Å². The average Bonchev–Trinajstić information content (AvgIpc) is 2.65. The SMILES string of the molecule is Cc1nc2ccc(C(=O)C(C)CC(=O)O)cc2[nH]1. The molecule has 5 heteroatoms. The minimum atomic E-state index is -0.964. The topological polar surface area (TPSA) is 83.1 Å². The number of rotatable bonds is 4. The molecule has 1 atom stereocenters. The van der Waals surface area contributed by atoms with Crippen LogP contribution in [0.4, 0.5) is 0 Å². The molecule has 0 aliphatic heterocycles. The van der Waals surface area contributed by atoms with E-state index in [1.165, 1.54) is 0 Å². The van der Waals surface area contributed by atoms with Crippen molar-refractivity contribution in [3.63, 3.8) is 0 Å². The van der Waals surface area contributed by atoms with Crippen LogP contribution < -0.4 is 0 Å². The van der Waals surface area contributed by atoms with Gasteiger partial charge in [0.2, 0.25) is 0 Å². The summed E-state index contributed by atoms with van der Waals surface area (Å²) >= 11 is 0. The van der Waals surface area contributed by atoms with E-state index in [4.69, 9.17) is 5.11 Å². The number of ketones is 1. The molecular formula is C13H14N2O3. The first-order valence-electron chi connectivity index (χ1n) is 5.69. The van der Waals surface area contributed by atoms with Crippen molar-refractivity contribution in [3.8, 4) is 0 Å². The molecule has 2 N–H and O–H groups in total. The number of fused-ring (bicyclic) bond motifs is 1. The molecule has 1 aromatic heterocycles. The highest BCUT2D eigenvalue weighted by Gasteiger charge is 2.18. The molecule has 94 valence electrons. The maximum atomic E-state index is 12.0. The highest BCUT2D eigenvalue weighted by Crippen LogP contribution is 2.17. The van der Waals surface area contributed by atoms with E-state index < -0.39 is 11.9 Å². The predicted molar refractivity (Wildman–Crippen MR) is 66.6 cm³/mol. The van der Waals surface area contributed by atoms with E-state index in [2.05, 4.69) is 9.97 Å². The molecule has 0 saturated heterocycles. The molecule has 1 heterocycles. The van der Waals surface area contributed by atoms with Crippen LogP contribution in [0.2, 0.25) is 0 Å². The maximum Gasteiger partial charge on any atom is 0.304 e. The van der Waals surface area contributed by atoms with E-state index in [0.717, 1.165) is 16.9 Å². The summed E-state index contributed by atoms with van der Waals surface area (Å²) in [6, 6.07) is 5.17. The van der Waals surface area contributed by atoms with E-state index in [9.17, 15) is 9.59 Å². The van der Waals surface area contributed by atoms with Gasteiger partial charge < -0.3 is 10.1 Å². The molecule has 1 unspecified atom stereocenters. The number of aryl methyl sites for hydroxylation is 1. The van der Waals surface area contributed by atoms with Gasteiger partial charge in [-0.15, -0.1) is 0 Å². The second-order valence-electron chi connectivity index (χ2n) is 4.42. The lowest BCUT2D eigenvalue weighted by Gasteiger charge is -2.07. The third-order valence-electron chi connectivity index (χ3n) is 2.81. The Balaban J connectivity index is 2.30. The molecule has 0 aliphatic rings. The number of aromatic amines is 1. The second kappa shape index (κ2) is 4.60. The summed E-state index contributed by atoms with van der Waals surface area (Å²) < 4.78 is 0. The van der Waals surface area contributed by atoms with Gasteiger partial charge >= 0.3 is 5.97 Å². The first-order chi connectivity index (χ1) is 8.47. The Morgan fingerprint density at radius 3 is 2.83 bits per heavy atom. The number of aromatic nitrogens is 2. The van der Waals surface area contributed by atoms with Crippen LogP contribution in [0.5, 0.6) is 0 Å². The number of nitrogens with zero attached hydrogens (tertiary/aromatic N) is 1. The summed E-state index contributed by atoms with van der Waals surface area (Å²) in [6.45, 7) is 3.47. The molecule has 2 rings (SSSR count). The van der Waals surface area contributed by atoms with Crippen LogP contribution in [0.15, 0.2) is 18.2 Å². The van der Waals surface area contributed by atoms with Crippen LogP contribution in [0.3, 0.4) is 0 Å². The Morgan fingerprint density at radius 2 is 2.17 bits per heavy atom. The molecule has 0 amide bonds. The van der Waals surface area contributed by atoms with Crippen molar-refractivity contribution in [3.05, 3.63) is 29.6 Å². The lowest BCUT2D eigenvalue weighted by atomic mass is 9.96. The first-order valence-corrected chi connectivity index (χ1v) is 5.69. The minimum absolute atomic E-state index is 0.154. The van der Waals surface area contributed by atoms with Crippen molar-refractivity contribution in [1.82, 2.24) is 9.97 Å². The van der Waals surface area contributed by atoms with E-state index in [0.29, 0.717) is 5.56 Å². The largest absolute Gasteiger partial charge is 0.481 e. The summed E-state index contributed by atoms with van der Waals surface area (Å²) in [5.41, 5.74) is 2.11. The standard InChI is InChI=1S/C13H14N2O3/c1-7(5-12(16)17)13(18)9-3-4-10-11(6-9)15-8(2)14-10/h3-4,6-7H,5H2,1-2H3,(H,14,15)(H,16,17). The van der Waals surface area contributed by atoms with Crippen molar-refractivity contribution >= 4 is 22.8 Å². The van der Waals surface area contributed by atoms with Crippen LogP contribution in [0, 0.1) is 12.8 Å². The Labute approximate surface area is 104 Å². The van der Waals surface area contributed by atoms with Gasteiger partial charge in [0.1, 0.15) is 5.82 Å². The Bertz CT molecular complexity index is 616. The first kappa shape index (κ1) is 12.3. The highest BCUT2D eigenvalue weighted by atomic mass is 16.4. The summed E-state index contributed by atoms with van der Waals surface area (Å²) in [7, 11) is 0. The summed E-state index contributed by atoms with van der Waals surface area (Å²) in [5.74, 6) is -0.863. The fraction of sp³-hybridized carbons (Fsp3) is 0.308. The number of benzene rings is 1. The molecule has 0 spiro atoms. The van der Waals surface area contributed by atoms with E-state index in [1.54, 1.807) is 25.1 Å².